The summed E-state index contributed by atoms with van der Waals surface area (Å²) in [7, 11) is 0. The number of halogens is 1. The van der Waals surface area contributed by atoms with Crippen LogP contribution in [0.4, 0.5) is 10.8 Å². The SMILES string of the molecule is O=C(CSc1nnc(N2CCN(C(=O)COc3ccc(Cl)cc3)CC2)s1)Nc1ccccc1. The number of rotatable bonds is 8. The quantitative estimate of drug-likeness (QED) is 0.469. The summed E-state index contributed by atoms with van der Waals surface area (Å²) >= 11 is 8.67. The lowest BCUT2D eigenvalue weighted by molar-refractivity contribution is -0.133. The standard InChI is InChI=1S/C22H22ClN5O3S2/c23-16-6-8-18(9-7-16)31-14-20(30)27-10-12-28(13-11-27)21-25-26-22(33-21)32-15-19(29)24-17-4-2-1-3-5-17/h1-9H,10-15H2,(H,24,29). The van der Waals surface area contributed by atoms with Crippen molar-refractivity contribution in [1.82, 2.24) is 15.1 Å². The van der Waals surface area contributed by atoms with E-state index in [0.29, 0.717) is 37.0 Å². The number of carbonyl (C=O) groups is 2. The minimum Gasteiger partial charge on any atom is -0.484 e. The van der Waals surface area contributed by atoms with Crippen molar-refractivity contribution in [3.63, 3.8) is 0 Å². The van der Waals surface area contributed by atoms with Gasteiger partial charge in [0.2, 0.25) is 11.0 Å². The number of aromatic nitrogens is 2. The molecule has 2 amide bonds. The maximum absolute atomic E-state index is 12.5. The summed E-state index contributed by atoms with van der Waals surface area (Å²) in [4.78, 5) is 28.5. The molecule has 1 fully saturated rings. The molecule has 3 aromatic rings. The highest BCUT2D eigenvalue weighted by Gasteiger charge is 2.24. The molecule has 33 heavy (non-hydrogen) atoms. The van der Waals surface area contributed by atoms with E-state index in [9.17, 15) is 9.59 Å². The second kappa shape index (κ2) is 11.4. The molecule has 1 saturated heterocycles. The number of anilines is 2. The van der Waals surface area contributed by atoms with Gasteiger partial charge in [-0.25, -0.2) is 0 Å². The van der Waals surface area contributed by atoms with Gasteiger partial charge in [0, 0.05) is 36.9 Å². The molecule has 0 unspecified atom stereocenters. The fourth-order valence-electron chi connectivity index (χ4n) is 3.15. The van der Waals surface area contributed by atoms with E-state index in [4.69, 9.17) is 16.3 Å². The van der Waals surface area contributed by atoms with Crippen molar-refractivity contribution in [3.05, 3.63) is 59.6 Å². The predicted octanol–water partition coefficient (Wildman–Crippen LogP) is 3.65. The Morgan fingerprint density at radius 3 is 2.48 bits per heavy atom. The summed E-state index contributed by atoms with van der Waals surface area (Å²) in [6, 6.07) is 16.3. The van der Waals surface area contributed by atoms with Gasteiger partial charge in [-0.2, -0.15) is 0 Å². The molecule has 0 radical (unpaired) electrons. The Hall–Kier alpha value is -2.82. The summed E-state index contributed by atoms with van der Waals surface area (Å²) in [6.07, 6.45) is 0. The number of para-hydroxylation sites is 1. The Kier molecular flexibility index (Phi) is 8.03. The van der Waals surface area contributed by atoms with Crippen molar-refractivity contribution >= 4 is 57.3 Å². The molecule has 1 aliphatic heterocycles. The summed E-state index contributed by atoms with van der Waals surface area (Å²) in [5.41, 5.74) is 0.770. The Bertz CT molecular complexity index is 1070. The van der Waals surface area contributed by atoms with Gasteiger partial charge in [-0.15, -0.1) is 10.2 Å². The Morgan fingerprint density at radius 2 is 1.76 bits per heavy atom. The summed E-state index contributed by atoms with van der Waals surface area (Å²) in [5.74, 6) is 0.737. The van der Waals surface area contributed by atoms with Crippen molar-refractivity contribution < 1.29 is 14.3 Å². The predicted molar refractivity (Wildman–Crippen MR) is 131 cm³/mol. The number of carbonyl (C=O) groups excluding carboxylic acids is 2. The van der Waals surface area contributed by atoms with Gasteiger partial charge >= 0.3 is 0 Å². The van der Waals surface area contributed by atoms with E-state index < -0.39 is 0 Å². The third-order valence-corrected chi connectivity index (χ3v) is 7.23. The highest BCUT2D eigenvalue weighted by Crippen LogP contribution is 2.28. The van der Waals surface area contributed by atoms with Crippen LogP contribution in [0, 0.1) is 0 Å². The lowest BCUT2D eigenvalue weighted by Gasteiger charge is -2.34. The zero-order valence-electron chi connectivity index (χ0n) is 17.6. The smallest absolute Gasteiger partial charge is 0.260 e. The van der Waals surface area contributed by atoms with Gasteiger partial charge in [-0.05, 0) is 36.4 Å². The molecule has 1 N–H and O–H groups in total. The van der Waals surface area contributed by atoms with Crippen LogP contribution >= 0.6 is 34.7 Å². The number of nitrogens with one attached hydrogen (secondary N) is 1. The van der Waals surface area contributed by atoms with E-state index in [1.165, 1.54) is 23.1 Å². The number of benzene rings is 2. The average molecular weight is 504 g/mol. The minimum absolute atomic E-state index is 0.00767. The van der Waals surface area contributed by atoms with Crippen LogP contribution in [0.15, 0.2) is 58.9 Å². The number of hydrogen-bond acceptors (Lipinski definition) is 8. The molecule has 0 bridgehead atoms. The van der Waals surface area contributed by atoms with Gasteiger partial charge < -0.3 is 19.9 Å². The fraction of sp³-hybridized carbons (Fsp3) is 0.273. The zero-order valence-corrected chi connectivity index (χ0v) is 20.0. The first-order valence-electron chi connectivity index (χ1n) is 10.3. The summed E-state index contributed by atoms with van der Waals surface area (Å²) < 4.78 is 6.29. The number of thioether (sulfide) groups is 1. The monoisotopic (exact) mass is 503 g/mol. The zero-order chi connectivity index (χ0) is 23.0. The second-order valence-corrected chi connectivity index (χ2v) is 9.78. The molecular formula is C22H22ClN5O3S2. The average Bonchev–Trinajstić information content (AvgIpc) is 3.32. The van der Waals surface area contributed by atoms with Gasteiger partial charge in [-0.3, -0.25) is 9.59 Å². The maximum Gasteiger partial charge on any atom is 0.260 e. The van der Waals surface area contributed by atoms with Gasteiger partial charge in [0.05, 0.1) is 5.75 Å². The maximum atomic E-state index is 12.5. The molecule has 0 atom stereocenters. The third-order valence-electron chi connectivity index (χ3n) is 4.86. The molecular weight excluding hydrogens is 482 g/mol. The molecule has 1 aromatic heterocycles. The molecule has 11 heteroatoms. The Morgan fingerprint density at radius 1 is 1.03 bits per heavy atom. The van der Waals surface area contributed by atoms with Gasteiger partial charge in [0.1, 0.15) is 5.75 Å². The fourth-order valence-corrected chi connectivity index (χ4v) is 4.97. The molecule has 2 aromatic carbocycles. The first-order chi connectivity index (χ1) is 16.1. The molecule has 1 aliphatic rings. The number of piperazine rings is 1. The van der Waals surface area contributed by atoms with Crippen LogP contribution < -0.4 is 15.0 Å². The molecule has 0 aliphatic carbocycles. The third kappa shape index (κ3) is 6.83. The lowest BCUT2D eigenvalue weighted by Crippen LogP contribution is -2.50. The number of nitrogens with zero attached hydrogens (tertiary/aromatic N) is 4. The minimum atomic E-state index is -0.0871. The summed E-state index contributed by atoms with van der Waals surface area (Å²) in [6.45, 7) is 2.50. The molecule has 0 spiro atoms. The van der Waals surface area contributed by atoms with E-state index in [1.54, 1.807) is 29.2 Å². The van der Waals surface area contributed by atoms with E-state index >= 15 is 0 Å². The summed E-state index contributed by atoms with van der Waals surface area (Å²) in [5, 5.41) is 12.7. The molecule has 2 heterocycles. The first kappa shape index (κ1) is 23.3. The normalized spacial score (nSPS) is 13.6. The highest BCUT2D eigenvalue weighted by molar-refractivity contribution is 8.01. The molecule has 172 valence electrons. The van der Waals surface area contributed by atoms with Crippen molar-refractivity contribution in [2.24, 2.45) is 0 Å². The van der Waals surface area contributed by atoms with E-state index in [2.05, 4.69) is 20.4 Å². The van der Waals surface area contributed by atoms with Crippen molar-refractivity contribution in [2.45, 2.75) is 4.34 Å². The van der Waals surface area contributed by atoms with Crippen LogP contribution in [-0.4, -0.2) is 65.5 Å². The van der Waals surface area contributed by atoms with Crippen LogP contribution in [0.1, 0.15) is 0 Å². The number of hydrogen-bond donors (Lipinski definition) is 1. The lowest BCUT2D eigenvalue weighted by atomic mass is 10.3. The van der Waals surface area contributed by atoms with Crippen LogP contribution in [-0.2, 0) is 9.59 Å². The van der Waals surface area contributed by atoms with Crippen LogP contribution in [0.2, 0.25) is 5.02 Å². The second-order valence-electron chi connectivity index (χ2n) is 7.16. The Balaban J connectivity index is 1.19. The van der Waals surface area contributed by atoms with Gasteiger partial charge in [0.25, 0.3) is 5.91 Å². The van der Waals surface area contributed by atoms with Gasteiger partial charge in [0.15, 0.2) is 10.9 Å². The molecule has 4 rings (SSSR count). The van der Waals surface area contributed by atoms with Crippen LogP contribution in [0.3, 0.4) is 0 Å². The van der Waals surface area contributed by atoms with Gasteiger partial charge in [-0.1, -0.05) is 52.9 Å². The van der Waals surface area contributed by atoms with E-state index in [0.717, 1.165) is 15.2 Å². The molecule has 8 nitrogen and oxygen atoms in total. The van der Waals surface area contributed by atoms with Crippen LogP contribution in [0.5, 0.6) is 5.75 Å². The number of amides is 2. The van der Waals surface area contributed by atoms with Crippen molar-refractivity contribution in [1.29, 1.82) is 0 Å². The van der Waals surface area contributed by atoms with Crippen molar-refractivity contribution in [3.8, 4) is 5.75 Å². The van der Waals surface area contributed by atoms with Crippen LogP contribution in [0.25, 0.3) is 0 Å². The molecule has 0 saturated carbocycles. The van der Waals surface area contributed by atoms with E-state index in [-0.39, 0.29) is 24.2 Å². The Labute approximate surface area is 204 Å². The topological polar surface area (TPSA) is 87.7 Å². The largest absolute Gasteiger partial charge is 0.484 e. The highest BCUT2D eigenvalue weighted by atomic mass is 35.5. The van der Waals surface area contributed by atoms with Crippen molar-refractivity contribution in [2.75, 3.05) is 48.8 Å². The number of ether oxygens (including phenoxy) is 1. The first-order valence-corrected chi connectivity index (χ1v) is 12.5. The van der Waals surface area contributed by atoms with E-state index in [1.807, 2.05) is 30.3 Å².